The molecule has 8 nitrogen and oxygen atoms in total. The highest BCUT2D eigenvalue weighted by molar-refractivity contribution is 6.06. The molecule has 0 aliphatic carbocycles. The zero-order valence-electron chi connectivity index (χ0n) is 14.1. The Hall–Kier alpha value is -3.29. The lowest BCUT2D eigenvalue weighted by atomic mass is 10.1. The number of amides is 1. The number of fused-ring (bicyclic) bond motifs is 1. The van der Waals surface area contributed by atoms with Gasteiger partial charge in [-0.2, -0.15) is 5.10 Å². The van der Waals surface area contributed by atoms with Crippen molar-refractivity contribution in [3.05, 3.63) is 57.9 Å². The van der Waals surface area contributed by atoms with Gasteiger partial charge in [0.1, 0.15) is 0 Å². The van der Waals surface area contributed by atoms with Gasteiger partial charge < -0.3 is 5.32 Å². The number of benzene rings is 1. The molecule has 0 radical (unpaired) electrons. The number of anilines is 1. The third-order valence-corrected chi connectivity index (χ3v) is 3.81. The van der Waals surface area contributed by atoms with Gasteiger partial charge in [0.15, 0.2) is 5.65 Å². The summed E-state index contributed by atoms with van der Waals surface area (Å²) in [5.74, 6) is -0.371. The van der Waals surface area contributed by atoms with Crippen molar-refractivity contribution in [2.24, 2.45) is 0 Å². The maximum Gasteiger partial charge on any atom is 0.271 e. The highest BCUT2D eigenvalue weighted by Crippen LogP contribution is 2.21. The predicted octanol–water partition coefficient (Wildman–Crippen LogP) is 3.48. The van der Waals surface area contributed by atoms with Crippen LogP contribution in [0.25, 0.3) is 11.0 Å². The van der Waals surface area contributed by atoms with Crippen molar-refractivity contribution < 1.29 is 9.72 Å². The van der Waals surface area contributed by atoms with Gasteiger partial charge in [-0.15, -0.1) is 0 Å². The van der Waals surface area contributed by atoms with Crippen LogP contribution in [0.4, 0.5) is 11.4 Å². The van der Waals surface area contributed by atoms with Gasteiger partial charge in [-0.25, -0.2) is 9.67 Å². The standard InChI is InChI=1S/C17H17N5O3/c1-10(2)21-16-12(9-18-21)7-15(11(3)19-16)17(23)20-13-5-4-6-14(8-13)22(24)25/h4-10H,1-3H3,(H,20,23). The molecule has 0 saturated carbocycles. The maximum atomic E-state index is 12.6. The van der Waals surface area contributed by atoms with E-state index in [0.29, 0.717) is 16.9 Å². The maximum absolute atomic E-state index is 12.6. The SMILES string of the molecule is Cc1nc2c(cnn2C(C)C)cc1C(=O)Nc1cccc([N+](=O)[O-])c1. The molecule has 0 fully saturated rings. The Balaban J connectivity index is 1.93. The topological polar surface area (TPSA) is 103 Å². The van der Waals surface area contributed by atoms with E-state index in [1.807, 2.05) is 13.8 Å². The van der Waals surface area contributed by atoms with Gasteiger partial charge in [0.2, 0.25) is 0 Å². The summed E-state index contributed by atoms with van der Waals surface area (Å²) in [6.07, 6.45) is 1.67. The van der Waals surface area contributed by atoms with Crippen LogP contribution in [0, 0.1) is 17.0 Å². The summed E-state index contributed by atoms with van der Waals surface area (Å²) in [5.41, 5.74) is 1.97. The van der Waals surface area contributed by atoms with E-state index in [0.717, 1.165) is 11.0 Å². The van der Waals surface area contributed by atoms with Gasteiger partial charge in [-0.1, -0.05) is 6.07 Å². The summed E-state index contributed by atoms with van der Waals surface area (Å²) in [7, 11) is 0. The lowest BCUT2D eigenvalue weighted by molar-refractivity contribution is -0.384. The molecule has 1 amide bonds. The first-order valence-corrected chi connectivity index (χ1v) is 7.77. The number of aromatic nitrogens is 3. The lowest BCUT2D eigenvalue weighted by Gasteiger charge is -2.10. The van der Waals surface area contributed by atoms with Gasteiger partial charge in [0, 0.05) is 29.2 Å². The van der Waals surface area contributed by atoms with Crippen LogP contribution in [0.3, 0.4) is 0 Å². The van der Waals surface area contributed by atoms with Crippen LogP contribution in [0.1, 0.15) is 35.9 Å². The number of carbonyl (C=O) groups excluding carboxylic acids is 1. The normalized spacial score (nSPS) is 11.0. The quantitative estimate of drug-likeness (QED) is 0.579. The predicted molar refractivity (Wildman–Crippen MR) is 93.7 cm³/mol. The number of nitrogens with zero attached hydrogens (tertiary/aromatic N) is 4. The number of carbonyl (C=O) groups is 1. The fourth-order valence-electron chi connectivity index (χ4n) is 2.57. The number of hydrogen-bond donors (Lipinski definition) is 1. The zero-order valence-corrected chi connectivity index (χ0v) is 14.1. The fourth-order valence-corrected chi connectivity index (χ4v) is 2.57. The number of non-ortho nitro benzene ring substituents is 1. The minimum atomic E-state index is -0.505. The Bertz CT molecular complexity index is 978. The van der Waals surface area contributed by atoms with Crippen molar-refractivity contribution in [1.82, 2.24) is 14.8 Å². The molecule has 1 N–H and O–H groups in total. The van der Waals surface area contributed by atoms with E-state index in [1.54, 1.807) is 29.9 Å². The molecular formula is C17H17N5O3. The van der Waals surface area contributed by atoms with Crippen LogP contribution in [-0.2, 0) is 0 Å². The molecule has 0 aliphatic heterocycles. The van der Waals surface area contributed by atoms with Crippen LogP contribution in [-0.4, -0.2) is 25.6 Å². The molecule has 128 valence electrons. The molecule has 1 aromatic carbocycles. The van der Waals surface area contributed by atoms with E-state index in [9.17, 15) is 14.9 Å². The molecule has 0 aliphatic rings. The molecule has 0 atom stereocenters. The summed E-state index contributed by atoms with van der Waals surface area (Å²) in [4.78, 5) is 27.4. The van der Waals surface area contributed by atoms with Crippen LogP contribution < -0.4 is 5.32 Å². The summed E-state index contributed by atoms with van der Waals surface area (Å²) < 4.78 is 1.80. The third-order valence-electron chi connectivity index (χ3n) is 3.81. The first kappa shape index (κ1) is 16.6. The molecular weight excluding hydrogens is 322 g/mol. The average Bonchev–Trinajstić information content (AvgIpc) is 2.97. The van der Waals surface area contributed by atoms with E-state index in [2.05, 4.69) is 15.4 Å². The molecule has 2 heterocycles. The smallest absolute Gasteiger partial charge is 0.271 e. The first-order valence-electron chi connectivity index (χ1n) is 7.77. The third kappa shape index (κ3) is 3.18. The van der Waals surface area contributed by atoms with E-state index in [4.69, 9.17) is 0 Å². The highest BCUT2D eigenvalue weighted by atomic mass is 16.6. The summed E-state index contributed by atoms with van der Waals surface area (Å²) in [5, 5.41) is 18.6. The molecule has 25 heavy (non-hydrogen) atoms. The highest BCUT2D eigenvalue weighted by Gasteiger charge is 2.16. The summed E-state index contributed by atoms with van der Waals surface area (Å²) in [6, 6.07) is 7.70. The number of pyridine rings is 1. The minimum Gasteiger partial charge on any atom is -0.322 e. The summed E-state index contributed by atoms with van der Waals surface area (Å²) in [6.45, 7) is 5.76. The van der Waals surface area contributed by atoms with Crippen molar-refractivity contribution in [2.75, 3.05) is 5.32 Å². The number of nitro groups is 1. The molecule has 0 saturated heterocycles. The average molecular weight is 339 g/mol. The van der Waals surface area contributed by atoms with Crippen molar-refractivity contribution in [3.8, 4) is 0 Å². The largest absolute Gasteiger partial charge is 0.322 e. The van der Waals surface area contributed by atoms with Crippen molar-refractivity contribution in [3.63, 3.8) is 0 Å². The van der Waals surface area contributed by atoms with Gasteiger partial charge in [0.05, 0.1) is 22.4 Å². The monoisotopic (exact) mass is 339 g/mol. The number of nitrogens with one attached hydrogen (secondary N) is 1. The zero-order chi connectivity index (χ0) is 18.1. The number of nitro benzene ring substituents is 1. The van der Waals surface area contributed by atoms with Gasteiger partial charge in [-0.3, -0.25) is 14.9 Å². The second-order valence-electron chi connectivity index (χ2n) is 5.98. The number of rotatable bonds is 4. The van der Waals surface area contributed by atoms with Crippen molar-refractivity contribution in [2.45, 2.75) is 26.8 Å². The van der Waals surface area contributed by atoms with E-state index in [1.165, 1.54) is 18.2 Å². The molecule has 2 aromatic heterocycles. The molecule has 3 rings (SSSR count). The van der Waals surface area contributed by atoms with Gasteiger partial charge in [0.25, 0.3) is 11.6 Å². The second kappa shape index (κ2) is 6.31. The molecule has 0 unspecified atom stereocenters. The first-order chi connectivity index (χ1) is 11.9. The van der Waals surface area contributed by atoms with Gasteiger partial charge in [-0.05, 0) is 32.9 Å². The summed E-state index contributed by atoms with van der Waals surface area (Å²) >= 11 is 0. The van der Waals surface area contributed by atoms with Crippen LogP contribution in [0.15, 0.2) is 36.5 Å². The Morgan fingerprint density at radius 2 is 2.08 bits per heavy atom. The number of aryl methyl sites for hydroxylation is 1. The Morgan fingerprint density at radius 3 is 2.76 bits per heavy atom. The molecule has 0 spiro atoms. The fraction of sp³-hybridized carbons (Fsp3) is 0.235. The van der Waals surface area contributed by atoms with Crippen molar-refractivity contribution >= 4 is 28.3 Å². The van der Waals surface area contributed by atoms with E-state index >= 15 is 0 Å². The van der Waals surface area contributed by atoms with E-state index < -0.39 is 4.92 Å². The lowest BCUT2D eigenvalue weighted by Crippen LogP contribution is -2.14. The Labute approximate surface area is 143 Å². The van der Waals surface area contributed by atoms with Crippen molar-refractivity contribution in [1.29, 1.82) is 0 Å². The Kier molecular flexibility index (Phi) is 4.18. The molecule has 3 aromatic rings. The van der Waals surface area contributed by atoms with Crippen LogP contribution >= 0.6 is 0 Å². The molecule has 0 bridgehead atoms. The molecule has 8 heteroatoms. The van der Waals surface area contributed by atoms with E-state index in [-0.39, 0.29) is 17.6 Å². The Morgan fingerprint density at radius 1 is 1.32 bits per heavy atom. The van der Waals surface area contributed by atoms with Gasteiger partial charge >= 0.3 is 0 Å². The van der Waals surface area contributed by atoms with Crippen LogP contribution in [0.2, 0.25) is 0 Å². The number of hydrogen-bond acceptors (Lipinski definition) is 5. The second-order valence-corrected chi connectivity index (χ2v) is 5.98. The van der Waals surface area contributed by atoms with Crippen LogP contribution in [0.5, 0.6) is 0 Å². The minimum absolute atomic E-state index is 0.0821.